The van der Waals surface area contributed by atoms with Crippen molar-refractivity contribution in [3.05, 3.63) is 24.3 Å². The van der Waals surface area contributed by atoms with Crippen LogP contribution in [0.4, 0.5) is 0 Å². The second-order valence-corrected chi connectivity index (χ2v) is 26.0. The second kappa shape index (κ2) is 71.8. The number of hydrogen-bond donors (Lipinski definition) is 3. The number of allylic oxidation sites excluding steroid dienone is 3. The van der Waals surface area contributed by atoms with Gasteiger partial charge in [0.2, 0.25) is 5.91 Å². The Labute approximate surface area is 513 Å². The van der Waals surface area contributed by atoms with Crippen LogP contribution in [0.15, 0.2) is 24.3 Å². The Kier molecular flexibility index (Phi) is 70.4. The lowest BCUT2D eigenvalue weighted by Gasteiger charge is -2.20. The van der Waals surface area contributed by atoms with Gasteiger partial charge < -0.3 is 20.3 Å². The van der Waals surface area contributed by atoms with E-state index in [2.05, 4.69) is 31.3 Å². The fourth-order valence-electron chi connectivity index (χ4n) is 12.0. The number of rotatable bonds is 71. The molecule has 0 radical (unpaired) electrons. The van der Waals surface area contributed by atoms with E-state index in [4.69, 9.17) is 4.74 Å². The van der Waals surface area contributed by atoms with Crippen molar-refractivity contribution in [2.24, 2.45) is 0 Å². The maximum atomic E-state index is 12.5. The summed E-state index contributed by atoms with van der Waals surface area (Å²) >= 11 is 0. The molecule has 0 saturated carbocycles. The summed E-state index contributed by atoms with van der Waals surface area (Å²) in [6.45, 7) is 4.95. The van der Waals surface area contributed by atoms with Crippen LogP contribution in [0.3, 0.4) is 0 Å². The van der Waals surface area contributed by atoms with E-state index in [0.717, 1.165) is 38.5 Å². The van der Waals surface area contributed by atoms with E-state index in [9.17, 15) is 19.8 Å². The van der Waals surface area contributed by atoms with Gasteiger partial charge in [-0.05, 0) is 57.8 Å². The zero-order chi connectivity index (χ0) is 59.2. The van der Waals surface area contributed by atoms with E-state index >= 15 is 0 Å². The van der Waals surface area contributed by atoms with E-state index in [1.807, 2.05) is 6.08 Å². The molecule has 0 aromatic heterocycles. The Morgan fingerprint density at radius 2 is 0.573 bits per heavy atom. The first-order chi connectivity index (χ1) is 40.5. The SMILES string of the molecule is CCCCCCCCCCCCCCCCCC/C=C/C(O)C(CO)NC(=O)CCCCCCCCCCCCCCCCCC/C=C\CCCCCCCCCCCCCCOC(=O)CCCCCCCCCCCCCCCCC. The van der Waals surface area contributed by atoms with Gasteiger partial charge in [0, 0.05) is 12.8 Å². The Morgan fingerprint density at radius 1 is 0.329 bits per heavy atom. The first-order valence-corrected chi connectivity index (χ1v) is 37.6. The quantitative estimate of drug-likeness (QED) is 0.0320. The highest BCUT2D eigenvalue weighted by molar-refractivity contribution is 5.76. The van der Waals surface area contributed by atoms with Gasteiger partial charge in [0.15, 0.2) is 0 Å². The van der Waals surface area contributed by atoms with E-state index in [-0.39, 0.29) is 18.5 Å². The molecular formula is C76H147NO5. The van der Waals surface area contributed by atoms with Gasteiger partial charge in [-0.2, -0.15) is 0 Å². The summed E-state index contributed by atoms with van der Waals surface area (Å²) < 4.78 is 5.50. The first kappa shape index (κ1) is 80.3. The zero-order valence-corrected chi connectivity index (χ0v) is 55.8. The molecule has 0 fully saturated rings. The van der Waals surface area contributed by atoms with Crippen molar-refractivity contribution < 1.29 is 24.5 Å². The molecule has 82 heavy (non-hydrogen) atoms. The number of esters is 1. The molecule has 6 heteroatoms. The van der Waals surface area contributed by atoms with Gasteiger partial charge in [-0.1, -0.05) is 378 Å². The highest BCUT2D eigenvalue weighted by Gasteiger charge is 2.18. The van der Waals surface area contributed by atoms with E-state index in [0.29, 0.717) is 19.4 Å². The third-order valence-corrected chi connectivity index (χ3v) is 17.7. The smallest absolute Gasteiger partial charge is 0.305 e. The lowest BCUT2D eigenvalue weighted by Crippen LogP contribution is -2.45. The minimum atomic E-state index is -0.843. The molecule has 3 N–H and O–H groups in total. The fraction of sp³-hybridized carbons (Fsp3) is 0.921. The van der Waals surface area contributed by atoms with Crippen molar-refractivity contribution in [2.45, 2.75) is 437 Å². The molecule has 0 aromatic carbocycles. The molecule has 0 aromatic rings. The van der Waals surface area contributed by atoms with Gasteiger partial charge in [-0.3, -0.25) is 9.59 Å². The largest absolute Gasteiger partial charge is 0.466 e. The number of ether oxygens (including phenoxy) is 1. The Morgan fingerprint density at radius 3 is 0.866 bits per heavy atom. The van der Waals surface area contributed by atoms with Crippen LogP contribution in [-0.2, 0) is 14.3 Å². The van der Waals surface area contributed by atoms with Gasteiger partial charge in [0.05, 0.1) is 25.4 Å². The maximum absolute atomic E-state index is 12.5. The molecule has 0 rings (SSSR count). The number of hydrogen-bond acceptors (Lipinski definition) is 5. The molecule has 2 unspecified atom stereocenters. The number of carbonyl (C=O) groups excluding carboxylic acids is 2. The van der Waals surface area contributed by atoms with Gasteiger partial charge in [-0.15, -0.1) is 0 Å². The molecule has 2 atom stereocenters. The molecule has 6 nitrogen and oxygen atoms in total. The van der Waals surface area contributed by atoms with Gasteiger partial charge in [0.25, 0.3) is 0 Å². The Hall–Kier alpha value is -1.66. The van der Waals surface area contributed by atoms with Crippen LogP contribution in [0.2, 0.25) is 0 Å². The van der Waals surface area contributed by atoms with Crippen LogP contribution >= 0.6 is 0 Å². The summed E-state index contributed by atoms with van der Waals surface area (Å²) in [5.74, 6) is -0.0399. The minimum absolute atomic E-state index is 0.0217. The highest BCUT2D eigenvalue weighted by Crippen LogP contribution is 2.19. The van der Waals surface area contributed by atoms with Crippen molar-refractivity contribution in [1.82, 2.24) is 5.32 Å². The topological polar surface area (TPSA) is 95.9 Å². The fourth-order valence-corrected chi connectivity index (χ4v) is 12.0. The summed E-state index contributed by atoms with van der Waals surface area (Å²) in [4.78, 5) is 24.6. The number of nitrogens with one attached hydrogen (secondary N) is 1. The van der Waals surface area contributed by atoms with Crippen molar-refractivity contribution in [1.29, 1.82) is 0 Å². The number of amides is 1. The molecule has 0 saturated heterocycles. The van der Waals surface area contributed by atoms with E-state index in [1.54, 1.807) is 6.08 Å². The number of aliphatic hydroxyl groups is 2. The lowest BCUT2D eigenvalue weighted by molar-refractivity contribution is -0.143. The van der Waals surface area contributed by atoms with Crippen LogP contribution in [0.25, 0.3) is 0 Å². The first-order valence-electron chi connectivity index (χ1n) is 37.6. The molecular weight excluding hydrogens is 1010 g/mol. The minimum Gasteiger partial charge on any atom is -0.466 e. The van der Waals surface area contributed by atoms with Gasteiger partial charge >= 0.3 is 5.97 Å². The summed E-state index contributed by atoms with van der Waals surface area (Å²) in [6, 6.07) is -0.626. The molecule has 0 spiro atoms. The van der Waals surface area contributed by atoms with Crippen molar-refractivity contribution in [2.75, 3.05) is 13.2 Å². The molecule has 1 amide bonds. The van der Waals surface area contributed by atoms with Crippen LogP contribution < -0.4 is 5.32 Å². The standard InChI is InChI=1S/C76H147NO5/c1-3-5-7-9-11-13-15-17-19-20-37-41-44-48-52-56-60-64-68-74(79)73(72-78)77-75(80)69-65-61-57-53-49-45-42-38-35-33-31-29-27-25-23-21-22-24-26-28-30-32-34-36-39-43-47-51-55-59-63-67-71-82-76(81)70-66-62-58-54-50-46-40-18-16-14-12-10-8-6-4-2/h24,26,64,68,73-74,78-79H,3-23,25,27-63,65-67,69-72H2,1-2H3,(H,77,80)/b26-24-,68-64+. The Balaban J connectivity index is 3.36. The predicted octanol–water partition coefficient (Wildman–Crippen LogP) is 24.5. The number of aliphatic hydroxyl groups excluding tert-OH is 2. The molecule has 0 heterocycles. The lowest BCUT2D eigenvalue weighted by atomic mass is 10.0. The second-order valence-electron chi connectivity index (χ2n) is 26.0. The van der Waals surface area contributed by atoms with Gasteiger partial charge in [0.1, 0.15) is 0 Å². The van der Waals surface area contributed by atoms with Crippen LogP contribution in [0.1, 0.15) is 425 Å². The van der Waals surface area contributed by atoms with Crippen molar-refractivity contribution in [3.8, 4) is 0 Å². The van der Waals surface area contributed by atoms with Crippen molar-refractivity contribution >= 4 is 11.9 Å². The Bertz CT molecular complexity index is 1280. The molecule has 0 aliphatic rings. The van der Waals surface area contributed by atoms with E-state index < -0.39 is 12.1 Å². The molecule has 486 valence electrons. The molecule has 0 bridgehead atoms. The summed E-state index contributed by atoms with van der Waals surface area (Å²) in [6.07, 6.45) is 91.4. The monoisotopic (exact) mass is 1150 g/mol. The predicted molar refractivity (Wildman–Crippen MR) is 361 cm³/mol. The average Bonchev–Trinajstić information content (AvgIpc) is 3.48. The van der Waals surface area contributed by atoms with Gasteiger partial charge in [-0.25, -0.2) is 0 Å². The number of unbranched alkanes of at least 4 members (excludes halogenated alkanes) is 58. The third kappa shape index (κ3) is 67.5. The summed E-state index contributed by atoms with van der Waals surface area (Å²) in [7, 11) is 0. The average molecular weight is 1160 g/mol. The molecule has 0 aliphatic heterocycles. The third-order valence-electron chi connectivity index (χ3n) is 17.7. The van der Waals surface area contributed by atoms with E-state index in [1.165, 1.54) is 360 Å². The van der Waals surface area contributed by atoms with Crippen LogP contribution in [0.5, 0.6) is 0 Å². The van der Waals surface area contributed by atoms with Crippen molar-refractivity contribution in [3.63, 3.8) is 0 Å². The summed E-state index contributed by atoms with van der Waals surface area (Å²) in [5.41, 5.74) is 0. The normalized spacial score (nSPS) is 12.6. The van der Waals surface area contributed by atoms with Crippen LogP contribution in [-0.4, -0.2) is 47.4 Å². The highest BCUT2D eigenvalue weighted by atomic mass is 16.5. The summed E-state index contributed by atoms with van der Waals surface area (Å²) in [5, 5.41) is 23.2. The van der Waals surface area contributed by atoms with Crippen LogP contribution in [0, 0.1) is 0 Å². The maximum Gasteiger partial charge on any atom is 0.305 e. The molecule has 0 aliphatic carbocycles. The zero-order valence-electron chi connectivity index (χ0n) is 55.8. The number of carbonyl (C=O) groups is 2.